The highest BCUT2D eigenvalue weighted by Crippen LogP contribution is 2.27. The van der Waals surface area contributed by atoms with Crippen LogP contribution in [0.1, 0.15) is 26.3 Å². The number of carbonyl (C=O) groups excluding carboxylic acids is 1. The largest absolute Gasteiger partial charge is 0.444 e. The molecule has 0 bridgehead atoms. The molecule has 0 aliphatic heterocycles. The summed E-state index contributed by atoms with van der Waals surface area (Å²) in [5, 5.41) is 19.8. The molecule has 0 aliphatic rings. The van der Waals surface area contributed by atoms with Crippen molar-refractivity contribution in [1.82, 2.24) is 9.97 Å². The number of nitrogens with one attached hydrogen (secondary N) is 2. The molecule has 3 aromatic rings. The van der Waals surface area contributed by atoms with Crippen molar-refractivity contribution in [3.05, 3.63) is 63.8 Å². The molecule has 2 heterocycles. The highest BCUT2D eigenvalue weighted by Gasteiger charge is 2.19. The number of hydrogen-bond donors (Lipinski definition) is 2. The van der Waals surface area contributed by atoms with Crippen LogP contribution in [0.2, 0.25) is 0 Å². The Morgan fingerprint density at radius 1 is 1.23 bits per heavy atom. The smallest absolute Gasteiger partial charge is 0.412 e. The molecule has 2 N–H and O–H groups in total. The average Bonchev–Trinajstić information content (AvgIpc) is 3.15. The maximum atomic E-state index is 11.9. The molecule has 30 heavy (non-hydrogen) atoms. The van der Waals surface area contributed by atoms with Crippen molar-refractivity contribution in [2.75, 3.05) is 10.6 Å². The maximum Gasteiger partial charge on any atom is 0.412 e. The number of nitro benzene ring substituents is 1. The molecule has 0 saturated heterocycles. The molecule has 2 aromatic heterocycles. The molecule has 1 aromatic carbocycles. The number of amides is 1. The predicted octanol–water partition coefficient (Wildman–Crippen LogP) is 5.07. The molecule has 0 saturated carbocycles. The predicted molar refractivity (Wildman–Crippen MR) is 116 cm³/mol. The first-order chi connectivity index (χ1) is 14.2. The number of nitro groups is 1. The third kappa shape index (κ3) is 5.74. The summed E-state index contributed by atoms with van der Waals surface area (Å²) < 4.78 is 5.17. The van der Waals surface area contributed by atoms with Crippen molar-refractivity contribution in [3.63, 3.8) is 0 Å². The van der Waals surface area contributed by atoms with Crippen molar-refractivity contribution in [1.29, 1.82) is 0 Å². The van der Waals surface area contributed by atoms with Gasteiger partial charge in [0.1, 0.15) is 16.4 Å². The van der Waals surface area contributed by atoms with Gasteiger partial charge in [-0.3, -0.25) is 20.4 Å². The Balaban J connectivity index is 1.69. The molecule has 0 fully saturated rings. The number of hydrogen-bond acceptors (Lipinski definition) is 8. The third-order valence-corrected chi connectivity index (χ3v) is 4.71. The maximum absolute atomic E-state index is 11.9. The van der Waals surface area contributed by atoms with E-state index in [2.05, 4.69) is 20.6 Å². The molecule has 10 heteroatoms. The third-order valence-electron chi connectivity index (χ3n) is 3.82. The van der Waals surface area contributed by atoms with Gasteiger partial charge in [-0.1, -0.05) is 0 Å². The molecular formula is C20H21N5O4S. The van der Waals surface area contributed by atoms with E-state index < -0.39 is 16.6 Å². The number of rotatable bonds is 6. The van der Waals surface area contributed by atoms with E-state index in [9.17, 15) is 14.9 Å². The lowest BCUT2D eigenvalue weighted by Gasteiger charge is -2.19. The monoisotopic (exact) mass is 427 g/mol. The first-order valence-corrected chi connectivity index (χ1v) is 9.96. The lowest BCUT2D eigenvalue weighted by atomic mass is 10.1. The van der Waals surface area contributed by atoms with Crippen molar-refractivity contribution in [2.24, 2.45) is 0 Å². The normalized spacial score (nSPS) is 11.0. The Bertz CT molecular complexity index is 1050. The highest BCUT2D eigenvalue weighted by molar-refractivity contribution is 7.13. The van der Waals surface area contributed by atoms with E-state index >= 15 is 0 Å². The summed E-state index contributed by atoms with van der Waals surface area (Å²) in [7, 11) is 0. The Kier molecular flexibility index (Phi) is 6.26. The van der Waals surface area contributed by atoms with Gasteiger partial charge in [0.25, 0.3) is 5.69 Å². The Morgan fingerprint density at radius 2 is 1.97 bits per heavy atom. The first-order valence-electron chi connectivity index (χ1n) is 9.08. The van der Waals surface area contributed by atoms with E-state index in [0.29, 0.717) is 11.4 Å². The van der Waals surface area contributed by atoms with Crippen LogP contribution < -0.4 is 10.6 Å². The van der Waals surface area contributed by atoms with Crippen LogP contribution >= 0.6 is 11.3 Å². The van der Waals surface area contributed by atoms with Crippen LogP contribution in [-0.4, -0.2) is 26.6 Å². The van der Waals surface area contributed by atoms with Crippen molar-refractivity contribution in [3.8, 4) is 10.6 Å². The second-order valence-electron chi connectivity index (χ2n) is 7.35. The van der Waals surface area contributed by atoms with Gasteiger partial charge in [0, 0.05) is 41.5 Å². The van der Waals surface area contributed by atoms with Crippen molar-refractivity contribution in [2.45, 2.75) is 32.9 Å². The van der Waals surface area contributed by atoms with Gasteiger partial charge in [-0.05, 0) is 45.0 Å². The fourth-order valence-corrected chi connectivity index (χ4v) is 3.33. The SMILES string of the molecule is CC(C)(C)OC(=O)Nc1ccc(CNc2csc(-c3ccncc3)n2)c([N+](=O)[O-])c1. The zero-order chi connectivity index (χ0) is 21.7. The lowest BCUT2D eigenvalue weighted by Crippen LogP contribution is -2.27. The quantitative estimate of drug-likeness (QED) is 0.416. The number of pyridine rings is 1. The molecule has 9 nitrogen and oxygen atoms in total. The van der Waals surface area contributed by atoms with Gasteiger partial charge in [0.05, 0.1) is 10.6 Å². The summed E-state index contributed by atoms with van der Waals surface area (Å²) in [6, 6.07) is 8.23. The zero-order valence-corrected chi connectivity index (χ0v) is 17.5. The summed E-state index contributed by atoms with van der Waals surface area (Å²) in [6.45, 7) is 5.43. The van der Waals surface area contributed by atoms with E-state index in [1.807, 2.05) is 17.5 Å². The van der Waals surface area contributed by atoms with E-state index in [4.69, 9.17) is 4.74 Å². The summed E-state index contributed by atoms with van der Waals surface area (Å²) in [5.74, 6) is 0.622. The number of carbonyl (C=O) groups is 1. The van der Waals surface area contributed by atoms with Gasteiger partial charge < -0.3 is 10.1 Å². The molecule has 0 radical (unpaired) electrons. The van der Waals surface area contributed by atoms with Crippen LogP contribution in [-0.2, 0) is 11.3 Å². The van der Waals surface area contributed by atoms with Crippen LogP contribution in [0.3, 0.4) is 0 Å². The highest BCUT2D eigenvalue weighted by atomic mass is 32.1. The number of nitrogens with zero attached hydrogens (tertiary/aromatic N) is 3. The van der Waals surface area contributed by atoms with E-state index in [0.717, 1.165) is 10.6 Å². The topological polar surface area (TPSA) is 119 Å². The molecule has 1 amide bonds. The average molecular weight is 427 g/mol. The summed E-state index contributed by atoms with van der Waals surface area (Å²) in [6.07, 6.45) is 2.72. The van der Waals surface area contributed by atoms with E-state index in [-0.39, 0.29) is 17.9 Å². The van der Waals surface area contributed by atoms with Crippen LogP contribution in [0.4, 0.5) is 22.0 Å². The zero-order valence-electron chi connectivity index (χ0n) is 16.7. The number of ether oxygens (including phenoxy) is 1. The molecule has 0 unspecified atom stereocenters. The van der Waals surface area contributed by atoms with Crippen LogP contribution in [0, 0.1) is 10.1 Å². The number of aromatic nitrogens is 2. The fourth-order valence-electron chi connectivity index (χ4n) is 2.55. The molecule has 156 valence electrons. The minimum absolute atomic E-state index is 0.111. The number of thiazole rings is 1. The fraction of sp³-hybridized carbons (Fsp3) is 0.250. The summed E-state index contributed by atoms with van der Waals surface area (Å²) in [5.41, 5.74) is 0.927. The van der Waals surface area contributed by atoms with Gasteiger partial charge in [-0.25, -0.2) is 9.78 Å². The minimum atomic E-state index is -0.672. The molecule has 0 atom stereocenters. The standard InChI is InChI=1S/C20H21N5O4S/c1-20(2,3)29-19(26)23-15-5-4-14(16(10-15)25(27)28)11-22-17-12-30-18(24-17)13-6-8-21-9-7-13/h4-10,12,22H,11H2,1-3H3,(H,23,26). The van der Waals surface area contributed by atoms with E-state index in [1.165, 1.54) is 17.4 Å². The Labute approximate surface area is 177 Å². The van der Waals surface area contributed by atoms with Gasteiger partial charge in [-0.2, -0.15) is 0 Å². The first kappa shape index (κ1) is 21.2. The Hall–Kier alpha value is -3.53. The number of benzene rings is 1. The van der Waals surface area contributed by atoms with Gasteiger partial charge in [-0.15, -0.1) is 11.3 Å². The van der Waals surface area contributed by atoms with Gasteiger partial charge in [0.2, 0.25) is 0 Å². The molecule has 0 aliphatic carbocycles. The molecule has 3 rings (SSSR count). The van der Waals surface area contributed by atoms with Crippen molar-refractivity contribution < 1.29 is 14.5 Å². The second kappa shape index (κ2) is 8.87. The van der Waals surface area contributed by atoms with Crippen LogP contribution in [0.5, 0.6) is 0 Å². The molecular weight excluding hydrogens is 406 g/mol. The van der Waals surface area contributed by atoms with Gasteiger partial charge in [0.15, 0.2) is 0 Å². The molecule has 0 spiro atoms. The summed E-state index contributed by atoms with van der Waals surface area (Å²) >= 11 is 1.47. The minimum Gasteiger partial charge on any atom is -0.444 e. The Morgan fingerprint density at radius 3 is 2.63 bits per heavy atom. The second-order valence-corrected chi connectivity index (χ2v) is 8.21. The van der Waals surface area contributed by atoms with Crippen molar-refractivity contribution >= 4 is 34.6 Å². The van der Waals surface area contributed by atoms with E-state index in [1.54, 1.807) is 45.3 Å². The van der Waals surface area contributed by atoms with Crippen LogP contribution in [0.25, 0.3) is 10.6 Å². The van der Waals surface area contributed by atoms with Gasteiger partial charge >= 0.3 is 6.09 Å². The lowest BCUT2D eigenvalue weighted by molar-refractivity contribution is -0.385. The summed E-state index contributed by atoms with van der Waals surface area (Å²) in [4.78, 5) is 31.4. The number of anilines is 2. The van der Waals surface area contributed by atoms with Crippen LogP contribution in [0.15, 0.2) is 48.1 Å².